The molecule has 0 spiro atoms. The van der Waals surface area contributed by atoms with Crippen LogP contribution in [0.25, 0.3) is 5.57 Å². The van der Waals surface area contributed by atoms with E-state index in [-0.39, 0.29) is 17.9 Å². The summed E-state index contributed by atoms with van der Waals surface area (Å²) in [6.07, 6.45) is 1.20. The van der Waals surface area contributed by atoms with E-state index < -0.39 is 5.97 Å². The molecular formula is C19H20O5. The van der Waals surface area contributed by atoms with Gasteiger partial charge in [-0.15, -0.1) is 0 Å². The Morgan fingerprint density at radius 1 is 1.21 bits per heavy atom. The third-order valence-corrected chi connectivity index (χ3v) is 3.63. The molecule has 2 aromatic carbocycles. The summed E-state index contributed by atoms with van der Waals surface area (Å²) >= 11 is 0. The number of phenolic OH excluding ortho intramolecular Hbond substituents is 1. The number of aromatic hydroxyl groups is 1. The molecule has 0 aliphatic rings. The van der Waals surface area contributed by atoms with E-state index in [4.69, 9.17) is 9.47 Å². The molecule has 24 heavy (non-hydrogen) atoms. The first-order valence-electron chi connectivity index (χ1n) is 7.41. The molecule has 0 saturated heterocycles. The monoisotopic (exact) mass is 328 g/mol. The molecule has 0 heterocycles. The number of benzene rings is 2. The molecular weight excluding hydrogens is 308 g/mol. The molecule has 126 valence electrons. The Labute approximate surface area is 140 Å². The number of aliphatic carboxylic acids is 1. The van der Waals surface area contributed by atoms with Gasteiger partial charge >= 0.3 is 5.97 Å². The highest BCUT2D eigenvalue weighted by Gasteiger charge is 2.15. The van der Waals surface area contributed by atoms with Crippen molar-refractivity contribution in [3.63, 3.8) is 0 Å². The Morgan fingerprint density at radius 3 is 2.58 bits per heavy atom. The minimum atomic E-state index is -1.08. The number of rotatable bonds is 6. The van der Waals surface area contributed by atoms with E-state index in [2.05, 4.69) is 0 Å². The molecule has 2 aromatic rings. The zero-order valence-electron chi connectivity index (χ0n) is 13.9. The van der Waals surface area contributed by atoms with Crippen LogP contribution in [-0.4, -0.2) is 23.3 Å². The van der Waals surface area contributed by atoms with Crippen molar-refractivity contribution in [1.29, 1.82) is 0 Å². The van der Waals surface area contributed by atoms with Gasteiger partial charge in [0.15, 0.2) is 0 Å². The van der Waals surface area contributed by atoms with Gasteiger partial charge in [-0.05, 0) is 42.7 Å². The van der Waals surface area contributed by atoms with Gasteiger partial charge in [-0.3, -0.25) is 0 Å². The summed E-state index contributed by atoms with van der Waals surface area (Å²) in [5.74, 6) is -0.340. The van der Waals surface area contributed by atoms with Gasteiger partial charge in [0.2, 0.25) is 0 Å². The predicted octanol–water partition coefficient (Wildman–Crippen LogP) is 3.66. The zero-order valence-corrected chi connectivity index (χ0v) is 13.9. The van der Waals surface area contributed by atoms with Crippen molar-refractivity contribution in [3.8, 4) is 11.5 Å². The van der Waals surface area contributed by atoms with Crippen LogP contribution >= 0.6 is 0 Å². The lowest BCUT2D eigenvalue weighted by atomic mass is 10.0. The number of phenols is 1. The Kier molecular flexibility index (Phi) is 5.47. The number of carbonyl (C=O) groups is 1. The first kappa shape index (κ1) is 17.4. The molecule has 0 unspecified atom stereocenters. The first-order valence-corrected chi connectivity index (χ1v) is 7.41. The van der Waals surface area contributed by atoms with Crippen LogP contribution in [0.4, 0.5) is 0 Å². The largest absolute Gasteiger partial charge is 0.508 e. The van der Waals surface area contributed by atoms with Crippen molar-refractivity contribution in [2.24, 2.45) is 0 Å². The van der Waals surface area contributed by atoms with Crippen LogP contribution in [0.3, 0.4) is 0 Å². The number of carboxylic acid groups (broad SMARTS) is 1. The van der Waals surface area contributed by atoms with Gasteiger partial charge < -0.3 is 19.7 Å². The summed E-state index contributed by atoms with van der Waals surface area (Å²) in [7, 11) is 1.40. The van der Waals surface area contributed by atoms with E-state index in [0.717, 1.165) is 5.56 Å². The number of hydrogen-bond donors (Lipinski definition) is 2. The summed E-state index contributed by atoms with van der Waals surface area (Å²) in [6, 6.07) is 10.6. The molecule has 2 N–H and O–H groups in total. The standard InChI is InChI=1S/C19H20O5/c1-12-8-17(20)13(2)18(9-12)24-10-14-6-4-5-7-15(14)16(11-23-3)19(21)22/h4-9,11,20H,10H2,1-3H3,(H,21,22)/b16-11+. The normalized spacial score (nSPS) is 11.2. The molecule has 0 fully saturated rings. The second-order valence-electron chi connectivity index (χ2n) is 5.43. The molecule has 0 radical (unpaired) electrons. The molecule has 0 atom stereocenters. The van der Waals surface area contributed by atoms with Crippen LogP contribution in [0.1, 0.15) is 22.3 Å². The zero-order chi connectivity index (χ0) is 17.7. The predicted molar refractivity (Wildman–Crippen MR) is 91.0 cm³/mol. The van der Waals surface area contributed by atoms with Crippen molar-refractivity contribution >= 4 is 11.5 Å². The number of carboxylic acids is 1. The quantitative estimate of drug-likeness (QED) is 0.625. The topological polar surface area (TPSA) is 76.0 Å². The molecule has 0 bridgehead atoms. The maximum atomic E-state index is 11.4. The highest BCUT2D eigenvalue weighted by atomic mass is 16.5. The highest BCUT2D eigenvalue weighted by molar-refractivity contribution is 6.15. The Hall–Kier alpha value is -2.95. The number of methoxy groups -OCH3 is 1. The summed E-state index contributed by atoms with van der Waals surface area (Å²) < 4.78 is 10.7. The van der Waals surface area contributed by atoms with Gasteiger partial charge in [0.1, 0.15) is 23.7 Å². The fraction of sp³-hybridized carbons (Fsp3) is 0.211. The van der Waals surface area contributed by atoms with E-state index in [1.807, 2.05) is 19.1 Å². The van der Waals surface area contributed by atoms with Gasteiger partial charge in [-0.1, -0.05) is 24.3 Å². The Morgan fingerprint density at radius 2 is 1.92 bits per heavy atom. The fourth-order valence-electron chi connectivity index (χ4n) is 2.37. The van der Waals surface area contributed by atoms with Crippen LogP contribution in [-0.2, 0) is 16.1 Å². The van der Waals surface area contributed by atoms with E-state index in [1.54, 1.807) is 31.2 Å². The summed E-state index contributed by atoms with van der Waals surface area (Å²) in [5.41, 5.74) is 2.82. The summed E-state index contributed by atoms with van der Waals surface area (Å²) in [6.45, 7) is 3.81. The van der Waals surface area contributed by atoms with Gasteiger partial charge in [-0.2, -0.15) is 0 Å². The van der Waals surface area contributed by atoms with Crippen molar-refractivity contribution in [3.05, 3.63) is 64.9 Å². The van der Waals surface area contributed by atoms with Gasteiger partial charge in [0.05, 0.1) is 13.4 Å². The Bertz CT molecular complexity index is 777. The molecule has 0 aliphatic heterocycles. The maximum absolute atomic E-state index is 11.4. The lowest BCUT2D eigenvalue weighted by Gasteiger charge is -2.14. The van der Waals surface area contributed by atoms with Crippen molar-refractivity contribution in [1.82, 2.24) is 0 Å². The fourth-order valence-corrected chi connectivity index (χ4v) is 2.37. The molecule has 5 heteroatoms. The third kappa shape index (κ3) is 3.87. The van der Waals surface area contributed by atoms with Crippen LogP contribution < -0.4 is 4.74 Å². The number of aryl methyl sites for hydroxylation is 1. The second-order valence-corrected chi connectivity index (χ2v) is 5.43. The second kappa shape index (κ2) is 7.55. The van der Waals surface area contributed by atoms with E-state index in [1.165, 1.54) is 13.4 Å². The van der Waals surface area contributed by atoms with Crippen molar-refractivity contribution in [2.75, 3.05) is 7.11 Å². The van der Waals surface area contributed by atoms with Gasteiger partial charge in [0.25, 0.3) is 0 Å². The smallest absolute Gasteiger partial charge is 0.339 e. The molecule has 0 aliphatic carbocycles. The maximum Gasteiger partial charge on any atom is 0.339 e. The molecule has 0 aromatic heterocycles. The molecule has 0 saturated carbocycles. The third-order valence-electron chi connectivity index (χ3n) is 3.63. The van der Waals surface area contributed by atoms with E-state index in [9.17, 15) is 15.0 Å². The lowest BCUT2D eigenvalue weighted by molar-refractivity contribution is -0.130. The van der Waals surface area contributed by atoms with Gasteiger partial charge in [0, 0.05) is 5.56 Å². The minimum Gasteiger partial charge on any atom is -0.508 e. The van der Waals surface area contributed by atoms with E-state index in [0.29, 0.717) is 22.4 Å². The van der Waals surface area contributed by atoms with Crippen LogP contribution in [0, 0.1) is 13.8 Å². The SMILES string of the molecule is CO/C=C(/C(=O)O)c1ccccc1COc1cc(C)cc(O)c1C. The van der Waals surface area contributed by atoms with Crippen LogP contribution in [0.5, 0.6) is 11.5 Å². The van der Waals surface area contributed by atoms with Crippen LogP contribution in [0.15, 0.2) is 42.7 Å². The summed E-state index contributed by atoms with van der Waals surface area (Å²) in [5, 5.41) is 19.2. The molecule has 2 rings (SSSR count). The van der Waals surface area contributed by atoms with Crippen molar-refractivity contribution < 1.29 is 24.5 Å². The summed E-state index contributed by atoms with van der Waals surface area (Å²) in [4.78, 5) is 11.4. The number of hydrogen-bond acceptors (Lipinski definition) is 4. The lowest BCUT2D eigenvalue weighted by Crippen LogP contribution is -2.06. The minimum absolute atomic E-state index is 0.0560. The van der Waals surface area contributed by atoms with E-state index >= 15 is 0 Å². The van der Waals surface area contributed by atoms with Gasteiger partial charge in [-0.25, -0.2) is 4.79 Å². The van der Waals surface area contributed by atoms with Crippen molar-refractivity contribution in [2.45, 2.75) is 20.5 Å². The first-order chi connectivity index (χ1) is 11.4. The average molecular weight is 328 g/mol. The number of ether oxygens (including phenoxy) is 2. The Balaban J connectivity index is 2.32. The highest BCUT2D eigenvalue weighted by Crippen LogP contribution is 2.30. The average Bonchev–Trinajstić information content (AvgIpc) is 2.54. The molecule has 0 amide bonds. The van der Waals surface area contributed by atoms with Crippen LogP contribution in [0.2, 0.25) is 0 Å². The molecule has 5 nitrogen and oxygen atoms in total.